The van der Waals surface area contributed by atoms with Gasteiger partial charge in [-0.2, -0.15) is 13.2 Å². The number of hydrogen-bond acceptors (Lipinski definition) is 8. The summed E-state index contributed by atoms with van der Waals surface area (Å²) in [5.74, 6) is 6.37. The molecule has 1 unspecified atom stereocenters. The molecule has 2 fully saturated rings. The first-order valence-corrected chi connectivity index (χ1v) is 17.9. The molecule has 55 heavy (non-hydrogen) atoms. The molecule has 4 heterocycles. The van der Waals surface area contributed by atoms with E-state index in [1.807, 2.05) is 48.6 Å². The minimum Gasteiger partial charge on any atom is -0.453 e. The summed E-state index contributed by atoms with van der Waals surface area (Å²) < 4.78 is 49.0. The van der Waals surface area contributed by atoms with Crippen LogP contribution >= 0.6 is 0 Å². The SMILES string of the molecule is CC[C@H](NC(=O)OC)C(=O)N1CCC[C@H]1c1ncc(-c2ccc(C#Cc3ccc4nc([C@@H]5CCCN5C(=O)C(CC(F)(F)F)NC(=O)OC)[nH]c4c3)cc2)[nH]1. The Morgan fingerprint density at radius 1 is 0.855 bits per heavy atom. The maximum atomic E-state index is 13.3. The van der Waals surface area contributed by atoms with Crippen LogP contribution in [0.4, 0.5) is 22.8 Å². The lowest BCUT2D eigenvalue weighted by Gasteiger charge is -2.28. The van der Waals surface area contributed by atoms with E-state index in [1.165, 1.54) is 12.0 Å². The van der Waals surface area contributed by atoms with Gasteiger partial charge in [-0.25, -0.2) is 19.6 Å². The Balaban J connectivity index is 1.12. The topological polar surface area (TPSA) is 175 Å². The predicted molar refractivity (Wildman–Crippen MR) is 193 cm³/mol. The number of amides is 4. The molecule has 2 aliphatic heterocycles. The number of halogens is 3. The Kier molecular flexibility index (Phi) is 11.6. The largest absolute Gasteiger partial charge is 0.453 e. The summed E-state index contributed by atoms with van der Waals surface area (Å²) in [5, 5.41) is 4.63. The van der Waals surface area contributed by atoms with Gasteiger partial charge in [-0.3, -0.25) is 9.59 Å². The van der Waals surface area contributed by atoms with Crippen LogP contribution in [-0.4, -0.2) is 99.3 Å². The van der Waals surface area contributed by atoms with Gasteiger partial charge in [0, 0.05) is 24.2 Å². The van der Waals surface area contributed by atoms with Crippen molar-refractivity contribution in [2.75, 3.05) is 27.3 Å². The molecule has 4 N–H and O–H groups in total. The van der Waals surface area contributed by atoms with Gasteiger partial charge in [-0.1, -0.05) is 30.9 Å². The van der Waals surface area contributed by atoms with Crippen molar-refractivity contribution in [3.8, 4) is 23.1 Å². The number of imidazole rings is 2. The zero-order valence-corrected chi connectivity index (χ0v) is 30.5. The maximum Gasteiger partial charge on any atom is 0.407 e. The average Bonchev–Trinajstić information content (AvgIpc) is 4.00. The number of ether oxygens (including phenoxy) is 2. The van der Waals surface area contributed by atoms with Gasteiger partial charge >= 0.3 is 18.4 Å². The van der Waals surface area contributed by atoms with Gasteiger partial charge in [-0.05, 0) is 68.0 Å². The third kappa shape index (κ3) is 9.02. The van der Waals surface area contributed by atoms with Crippen LogP contribution in [0.1, 0.15) is 80.3 Å². The van der Waals surface area contributed by atoms with Gasteiger partial charge in [0.25, 0.3) is 0 Å². The summed E-state index contributed by atoms with van der Waals surface area (Å²) in [6.07, 6.45) is -3.23. The quantitative estimate of drug-likeness (QED) is 0.162. The standard InChI is InChI=1S/C38H41F3N8O6/c1-4-25(46-36(52)54-2)34(50)48-17-5-7-30(48)32-42-21-29(45-32)24-14-11-22(12-15-24)9-10-23-13-16-26-27(19-23)44-33(43-26)31-8-6-18-49(31)35(51)28(20-38(39,40)41)47-37(53)55-3/h11-16,19,21,25,28,30-31H,4-8,17-18,20H2,1-3H3,(H,42,45)(H,43,44)(H,46,52)(H,47,53)/t25-,28?,30-,31-/m0/s1. The lowest BCUT2D eigenvalue weighted by Crippen LogP contribution is -2.50. The summed E-state index contributed by atoms with van der Waals surface area (Å²) in [4.78, 5) is 68.9. The second kappa shape index (κ2) is 16.5. The molecular formula is C38H41F3N8O6. The average molecular weight is 763 g/mol. The second-order valence-corrected chi connectivity index (χ2v) is 13.3. The number of carbonyl (C=O) groups excluding carboxylic acids is 4. The molecule has 0 bridgehead atoms. The van der Waals surface area contributed by atoms with Gasteiger partial charge in [-0.15, -0.1) is 0 Å². The van der Waals surface area contributed by atoms with Crippen LogP contribution in [0, 0.1) is 11.8 Å². The number of fused-ring (bicyclic) bond motifs is 1. The molecule has 6 rings (SSSR count). The molecule has 0 saturated carbocycles. The first-order valence-electron chi connectivity index (χ1n) is 17.9. The van der Waals surface area contributed by atoms with Gasteiger partial charge < -0.3 is 39.9 Å². The zero-order chi connectivity index (χ0) is 39.3. The number of nitrogens with one attached hydrogen (secondary N) is 4. The van der Waals surface area contributed by atoms with E-state index in [4.69, 9.17) is 0 Å². The molecule has 2 saturated heterocycles. The van der Waals surface area contributed by atoms with Crippen LogP contribution in [0.15, 0.2) is 48.7 Å². The first-order chi connectivity index (χ1) is 26.4. The normalized spacial score (nSPS) is 18.0. The van der Waals surface area contributed by atoms with Crippen LogP contribution in [0.3, 0.4) is 0 Å². The number of alkyl carbamates (subject to hydrolysis) is 2. The Labute approximate surface area is 314 Å². The molecule has 14 nitrogen and oxygen atoms in total. The van der Waals surface area contributed by atoms with Crippen LogP contribution in [0.5, 0.6) is 0 Å². The van der Waals surface area contributed by atoms with Crippen LogP contribution in [-0.2, 0) is 19.1 Å². The molecular weight excluding hydrogens is 721 g/mol. The monoisotopic (exact) mass is 762 g/mol. The molecule has 0 spiro atoms. The van der Waals surface area contributed by atoms with E-state index in [0.29, 0.717) is 54.1 Å². The summed E-state index contributed by atoms with van der Waals surface area (Å²) in [6, 6.07) is 9.66. The second-order valence-electron chi connectivity index (χ2n) is 13.3. The molecule has 290 valence electrons. The van der Waals surface area contributed by atoms with Gasteiger partial charge in [0.15, 0.2) is 0 Å². The minimum atomic E-state index is -4.69. The molecule has 2 aliphatic rings. The van der Waals surface area contributed by atoms with Crippen molar-refractivity contribution in [3.05, 3.63) is 71.4 Å². The van der Waals surface area contributed by atoms with E-state index in [0.717, 1.165) is 36.8 Å². The number of benzene rings is 2. The minimum absolute atomic E-state index is 0.178. The number of carbonyl (C=O) groups is 4. The highest BCUT2D eigenvalue weighted by molar-refractivity contribution is 5.87. The number of hydrogen-bond donors (Lipinski definition) is 4. The smallest absolute Gasteiger partial charge is 0.407 e. The van der Waals surface area contributed by atoms with Crippen molar-refractivity contribution in [3.63, 3.8) is 0 Å². The highest BCUT2D eigenvalue weighted by Gasteiger charge is 2.42. The summed E-state index contributed by atoms with van der Waals surface area (Å²) in [5.41, 5.74) is 4.39. The first kappa shape index (κ1) is 38.7. The molecule has 2 aromatic heterocycles. The Bertz CT molecular complexity index is 2100. The van der Waals surface area contributed by atoms with E-state index in [-0.39, 0.29) is 18.5 Å². The lowest BCUT2D eigenvalue weighted by molar-refractivity contribution is -0.154. The fraction of sp³-hybridized carbons (Fsp3) is 0.421. The van der Waals surface area contributed by atoms with Gasteiger partial charge in [0.05, 0.1) is 55.6 Å². The molecule has 17 heteroatoms. The molecule has 0 aliphatic carbocycles. The van der Waals surface area contributed by atoms with Crippen molar-refractivity contribution >= 4 is 35.0 Å². The summed E-state index contributed by atoms with van der Waals surface area (Å²) in [7, 11) is 2.27. The third-order valence-electron chi connectivity index (χ3n) is 9.74. The Hall–Kier alpha value is -6.05. The van der Waals surface area contributed by atoms with Crippen LogP contribution < -0.4 is 10.6 Å². The van der Waals surface area contributed by atoms with Crippen LogP contribution in [0.2, 0.25) is 0 Å². The van der Waals surface area contributed by atoms with E-state index in [1.54, 1.807) is 17.2 Å². The van der Waals surface area contributed by atoms with E-state index in [2.05, 4.69) is 46.6 Å². The Morgan fingerprint density at radius 2 is 1.44 bits per heavy atom. The number of aromatic nitrogens is 4. The van der Waals surface area contributed by atoms with Crippen molar-refractivity contribution in [1.29, 1.82) is 0 Å². The third-order valence-corrected chi connectivity index (χ3v) is 9.74. The van der Waals surface area contributed by atoms with E-state index >= 15 is 0 Å². The molecule has 4 amide bonds. The number of rotatable bonds is 9. The van der Waals surface area contributed by atoms with Crippen molar-refractivity contribution < 1.29 is 41.8 Å². The van der Waals surface area contributed by atoms with Crippen molar-refractivity contribution in [2.24, 2.45) is 0 Å². The maximum absolute atomic E-state index is 13.3. The highest BCUT2D eigenvalue weighted by atomic mass is 19.4. The summed E-state index contributed by atoms with van der Waals surface area (Å²) in [6.45, 7) is 2.61. The number of aromatic amines is 2. The lowest BCUT2D eigenvalue weighted by atomic mass is 10.1. The van der Waals surface area contributed by atoms with Crippen LogP contribution in [0.25, 0.3) is 22.3 Å². The van der Waals surface area contributed by atoms with Crippen molar-refractivity contribution in [2.45, 2.75) is 75.8 Å². The molecule has 0 radical (unpaired) electrons. The van der Waals surface area contributed by atoms with Gasteiger partial charge in [0.2, 0.25) is 11.8 Å². The fourth-order valence-electron chi connectivity index (χ4n) is 7.00. The fourth-order valence-corrected chi connectivity index (χ4v) is 7.00. The summed E-state index contributed by atoms with van der Waals surface area (Å²) >= 11 is 0. The highest BCUT2D eigenvalue weighted by Crippen LogP contribution is 2.34. The number of alkyl halides is 3. The number of methoxy groups -OCH3 is 2. The molecule has 4 atom stereocenters. The van der Waals surface area contributed by atoms with E-state index < -0.39 is 48.8 Å². The van der Waals surface area contributed by atoms with Gasteiger partial charge in [0.1, 0.15) is 23.7 Å². The number of nitrogens with zero attached hydrogens (tertiary/aromatic N) is 4. The Morgan fingerprint density at radius 3 is 2.05 bits per heavy atom. The number of H-pyrrole nitrogens is 2. The molecule has 2 aromatic carbocycles. The van der Waals surface area contributed by atoms with Crippen molar-refractivity contribution in [1.82, 2.24) is 40.4 Å². The van der Waals surface area contributed by atoms with E-state index in [9.17, 15) is 32.3 Å². The zero-order valence-electron chi connectivity index (χ0n) is 30.5. The molecule has 4 aromatic rings. The predicted octanol–water partition coefficient (Wildman–Crippen LogP) is 5.49. The number of likely N-dealkylation sites (tertiary alicyclic amines) is 2.